The Hall–Kier alpha value is -3.34. The Balaban J connectivity index is 1.14. The third kappa shape index (κ3) is 4.32. The monoisotopic (exact) mass is 688 g/mol. The van der Waals surface area contributed by atoms with Gasteiger partial charge in [0, 0.05) is 20.5 Å². The molecule has 1 saturated heterocycles. The number of aromatic amines is 1. The molecule has 2 saturated carbocycles. The van der Waals surface area contributed by atoms with E-state index in [0.717, 1.165) is 31.9 Å². The first kappa shape index (κ1) is 28.2. The molecule has 0 radical (unpaired) electrons. The van der Waals surface area contributed by atoms with Crippen molar-refractivity contribution in [2.24, 2.45) is 29.6 Å². The van der Waals surface area contributed by atoms with Gasteiger partial charge < -0.3 is 14.5 Å². The number of thioether (sulfide) groups is 1. The van der Waals surface area contributed by atoms with Crippen molar-refractivity contribution in [3.05, 3.63) is 102 Å². The molecule has 3 fully saturated rings. The molecule has 1 aromatic heterocycles. The van der Waals surface area contributed by atoms with E-state index in [1.54, 1.807) is 18.9 Å². The lowest BCUT2D eigenvalue weighted by atomic mass is 9.68. The molecule has 2 aliphatic carbocycles. The maximum absolute atomic E-state index is 14.0. The Morgan fingerprint density at radius 1 is 0.932 bits per heavy atom. The number of anilines is 1. The van der Waals surface area contributed by atoms with Crippen molar-refractivity contribution in [3.63, 3.8) is 0 Å². The van der Waals surface area contributed by atoms with Gasteiger partial charge in [-0.1, -0.05) is 63.2 Å². The van der Waals surface area contributed by atoms with Crippen LogP contribution in [0, 0.1) is 36.5 Å². The van der Waals surface area contributed by atoms with Gasteiger partial charge in [0.1, 0.15) is 6.61 Å². The molecule has 224 valence electrons. The second kappa shape index (κ2) is 10.6. The van der Waals surface area contributed by atoms with Crippen molar-refractivity contribution in [2.45, 2.75) is 36.1 Å². The number of methoxy groups -OCH3 is 1. The third-order valence-electron chi connectivity index (χ3n) is 9.87. The summed E-state index contributed by atoms with van der Waals surface area (Å²) < 4.78 is 12.9. The van der Waals surface area contributed by atoms with E-state index in [2.05, 4.69) is 58.2 Å². The predicted molar refractivity (Wildman–Crippen MR) is 174 cm³/mol. The van der Waals surface area contributed by atoms with Gasteiger partial charge in [-0.05, 0) is 78.6 Å². The van der Waals surface area contributed by atoms with Gasteiger partial charge in [-0.15, -0.1) is 11.8 Å². The molecule has 44 heavy (non-hydrogen) atoms. The molecule has 2 amide bonds. The summed E-state index contributed by atoms with van der Waals surface area (Å²) in [6, 6.07) is 21.7. The van der Waals surface area contributed by atoms with E-state index in [4.69, 9.17) is 9.47 Å². The predicted octanol–water partition coefficient (Wildman–Crippen LogP) is 6.77. The van der Waals surface area contributed by atoms with Gasteiger partial charge in [-0.25, -0.2) is 0 Å². The van der Waals surface area contributed by atoms with E-state index < -0.39 is 0 Å². The van der Waals surface area contributed by atoms with Gasteiger partial charge in [0.2, 0.25) is 11.8 Å². The van der Waals surface area contributed by atoms with E-state index in [9.17, 15) is 14.4 Å². The number of aromatic nitrogens is 1. The molecule has 1 N–H and O–H groups in total. The number of hydrogen-bond acceptors (Lipinski definition) is 7. The summed E-state index contributed by atoms with van der Waals surface area (Å²) in [5.74, 6) is 0.527. The maximum Gasteiger partial charge on any atom is 0.305 e. The molecule has 2 bridgehead atoms. The molecule has 7 atom stereocenters. The Morgan fingerprint density at radius 3 is 2.39 bits per heavy atom. The van der Waals surface area contributed by atoms with Gasteiger partial charge in [0.15, 0.2) is 11.5 Å². The minimum Gasteiger partial charge on any atom is -0.493 e. The molecule has 3 heterocycles. The topological polar surface area (TPSA) is 88.7 Å². The number of benzene rings is 3. The quantitative estimate of drug-likeness (QED) is 0.225. The molecule has 2 aliphatic heterocycles. The van der Waals surface area contributed by atoms with Crippen LogP contribution >= 0.6 is 39.0 Å². The van der Waals surface area contributed by atoms with Crippen LogP contribution in [-0.4, -0.2) is 29.2 Å². The second-order valence-electron chi connectivity index (χ2n) is 12.1. The van der Waals surface area contributed by atoms with Crippen molar-refractivity contribution >= 4 is 56.5 Å². The minimum atomic E-state index is -0.350. The first-order chi connectivity index (χ1) is 21.3. The Kier molecular flexibility index (Phi) is 6.80. The number of imide groups is 1. The standard InChI is InChI=1S/C34H29BrN2O5S2/c1-16-3-5-17(6-4-16)15-42-23-12-7-18(13-24(23)41-2)25-26-21-14-22(29(26)43-31-30(25)44-34(40)36-31)28-27(21)32(38)37(33(28)39)20-10-8-19(35)9-11-20/h3-13,21-22,25-29H,14-15H2,1-2H3,(H,36,40)/t21-,22-,25?,26?,27?,28?,29?/m1/s1. The van der Waals surface area contributed by atoms with Crippen LogP contribution in [0.2, 0.25) is 0 Å². The number of aryl methyl sites for hydroxylation is 1. The van der Waals surface area contributed by atoms with Crippen LogP contribution in [0.15, 0.2) is 81.0 Å². The number of ether oxygens (including phenoxy) is 2. The summed E-state index contributed by atoms with van der Waals surface area (Å²) in [4.78, 5) is 45.9. The van der Waals surface area contributed by atoms with Crippen molar-refractivity contribution < 1.29 is 19.1 Å². The number of nitrogens with zero attached hydrogens (tertiary/aromatic N) is 1. The minimum absolute atomic E-state index is 0.0400. The fraction of sp³-hybridized carbons (Fsp3) is 0.324. The molecule has 4 aliphatic rings. The van der Waals surface area contributed by atoms with Crippen LogP contribution in [0.4, 0.5) is 5.69 Å². The molecule has 0 spiro atoms. The summed E-state index contributed by atoms with van der Waals surface area (Å²) in [5, 5.41) is 1.00. The number of carbonyl (C=O) groups is 2. The van der Waals surface area contributed by atoms with Crippen LogP contribution in [0.1, 0.15) is 33.9 Å². The zero-order valence-electron chi connectivity index (χ0n) is 24.0. The number of nitrogens with one attached hydrogen (secondary N) is 1. The number of rotatable bonds is 6. The first-order valence-electron chi connectivity index (χ1n) is 14.7. The highest BCUT2D eigenvalue weighted by Crippen LogP contribution is 2.68. The van der Waals surface area contributed by atoms with E-state index >= 15 is 0 Å². The van der Waals surface area contributed by atoms with E-state index in [0.29, 0.717) is 23.8 Å². The van der Waals surface area contributed by atoms with Crippen LogP contribution in [-0.2, 0) is 16.2 Å². The van der Waals surface area contributed by atoms with Crippen LogP contribution in [0.3, 0.4) is 0 Å². The summed E-state index contributed by atoms with van der Waals surface area (Å²) in [7, 11) is 1.64. The normalized spacial score (nSPS) is 28.2. The average Bonchev–Trinajstić information content (AvgIpc) is 3.76. The maximum atomic E-state index is 14.0. The zero-order valence-corrected chi connectivity index (χ0v) is 27.2. The van der Waals surface area contributed by atoms with Crippen molar-refractivity contribution in [1.82, 2.24) is 4.98 Å². The number of thiazole rings is 1. The highest BCUT2D eigenvalue weighted by atomic mass is 79.9. The molecule has 5 unspecified atom stereocenters. The van der Waals surface area contributed by atoms with Gasteiger partial charge >= 0.3 is 4.87 Å². The van der Waals surface area contributed by atoms with E-state index in [1.807, 2.05) is 36.4 Å². The van der Waals surface area contributed by atoms with E-state index in [-0.39, 0.29) is 57.4 Å². The van der Waals surface area contributed by atoms with Crippen molar-refractivity contribution in [3.8, 4) is 11.5 Å². The third-order valence-corrected chi connectivity index (χ3v) is 13.0. The molecule has 10 heteroatoms. The van der Waals surface area contributed by atoms with Gasteiger partial charge in [-0.3, -0.25) is 19.3 Å². The number of amides is 2. The summed E-state index contributed by atoms with van der Waals surface area (Å²) in [6.07, 6.45) is 0.841. The lowest BCUT2D eigenvalue weighted by Gasteiger charge is -2.43. The molecule has 7 nitrogen and oxygen atoms in total. The van der Waals surface area contributed by atoms with E-state index in [1.165, 1.54) is 21.8 Å². The van der Waals surface area contributed by atoms with Crippen molar-refractivity contribution in [2.75, 3.05) is 12.0 Å². The number of hydrogen-bond donors (Lipinski definition) is 1. The largest absolute Gasteiger partial charge is 0.493 e. The zero-order chi connectivity index (χ0) is 30.3. The SMILES string of the molecule is COc1cc(C2c3sc(=O)[nH]c3SC3C2[C@H]2C[C@@H]3C3C(=O)N(c4ccc(Br)cc4)C(=O)C32)ccc1OCc1ccc(C)cc1. The Labute approximate surface area is 271 Å². The summed E-state index contributed by atoms with van der Waals surface area (Å²) in [6.45, 7) is 2.48. The molecular formula is C34H29BrN2O5S2. The second-order valence-corrected chi connectivity index (χ2v) is 15.3. The van der Waals surface area contributed by atoms with Gasteiger partial charge in [-0.2, -0.15) is 0 Å². The molecule has 4 aromatic rings. The van der Waals surface area contributed by atoms with Gasteiger partial charge in [0.25, 0.3) is 0 Å². The van der Waals surface area contributed by atoms with Crippen molar-refractivity contribution in [1.29, 1.82) is 0 Å². The highest BCUT2D eigenvalue weighted by molar-refractivity contribution is 9.10. The van der Waals surface area contributed by atoms with Crippen LogP contribution in [0.25, 0.3) is 0 Å². The average molecular weight is 690 g/mol. The Bertz CT molecular complexity index is 1850. The number of H-pyrrole nitrogens is 1. The summed E-state index contributed by atoms with van der Waals surface area (Å²) >= 11 is 6.39. The Morgan fingerprint density at radius 2 is 1.66 bits per heavy atom. The number of carbonyl (C=O) groups excluding carboxylic acids is 2. The number of fused-ring (bicyclic) bond motifs is 9. The van der Waals surface area contributed by atoms with Crippen LogP contribution < -0.4 is 19.2 Å². The fourth-order valence-electron chi connectivity index (χ4n) is 8.08. The number of halogens is 1. The first-order valence-corrected chi connectivity index (χ1v) is 17.2. The van der Waals surface area contributed by atoms with Gasteiger partial charge in [0.05, 0.1) is 29.7 Å². The summed E-state index contributed by atoms with van der Waals surface area (Å²) in [5.41, 5.74) is 3.92. The van der Waals surface area contributed by atoms with Crippen LogP contribution in [0.5, 0.6) is 11.5 Å². The lowest BCUT2D eigenvalue weighted by molar-refractivity contribution is -0.123. The lowest BCUT2D eigenvalue weighted by Crippen LogP contribution is -2.42. The molecule has 3 aromatic carbocycles. The fourth-order valence-corrected chi connectivity index (χ4v) is 11.2. The molecular weight excluding hydrogens is 660 g/mol. The molecule has 8 rings (SSSR count). The smallest absolute Gasteiger partial charge is 0.305 e. The highest BCUT2D eigenvalue weighted by Gasteiger charge is 2.69.